The zero-order chi connectivity index (χ0) is 19.9. The molecule has 1 saturated heterocycles. The van der Waals surface area contributed by atoms with E-state index in [1.807, 2.05) is 25.1 Å². The number of amides is 1. The van der Waals surface area contributed by atoms with Gasteiger partial charge >= 0.3 is 0 Å². The molecule has 2 aromatic rings. The Labute approximate surface area is 168 Å². The Morgan fingerprint density at radius 1 is 1.25 bits per heavy atom. The van der Waals surface area contributed by atoms with Gasteiger partial charge in [-0.05, 0) is 36.8 Å². The summed E-state index contributed by atoms with van der Waals surface area (Å²) in [6, 6.07) is 14.1. The Hall–Kier alpha value is -2.42. The number of rotatable bonds is 7. The van der Waals surface area contributed by atoms with E-state index in [1.165, 1.54) is 23.9 Å². The molecule has 2 aromatic carbocycles. The van der Waals surface area contributed by atoms with Crippen LogP contribution >= 0.6 is 11.8 Å². The number of non-ortho nitro benzene ring substituents is 1. The van der Waals surface area contributed by atoms with E-state index in [1.54, 1.807) is 12.1 Å². The minimum Gasteiger partial charge on any atom is -0.379 e. The molecule has 0 spiro atoms. The van der Waals surface area contributed by atoms with Crippen molar-refractivity contribution in [3.8, 4) is 0 Å². The summed E-state index contributed by atoms with van der Waals surface area (Å²) in [5, 5.41) is 13.4. The second-order valence-electron chi connectivity index (χ2n) is 6.59. The minimum atomic E-state index is -0.436. The largest absolute Gasteiger partial charge is 0.379 e. The number of benzene rings is 2. The maximum atomic E-state index is 12.5. The second-order valence-corrected chi connectivity index (χ2v) is 8.00. The summed E-state index contributed by atoms with van der Waals surface area (Å²) in [7, 11) is 0. The molecule has 1 atom stereocenters. The van der Waals surface area contributed by atoms with Crippen molar-refractivity contribution in [2.75, 3.05) is 31.6 Å². The molecule has 1 unspecified atom stereocenters. The van der Waals surface area contributed by atoms with Crippen molar-refractivity contribution < 1.29 is 14.5 Å². The Bertz CT molecular complexity index is 822. The van der Waals surface area contributed by atoms with Crippen LogP contribution in [0.2, 0.25) is 0 Å². The van der Waals surface area contributed by atoms with Gasteiger partial charge in [0.2, 0.25) is 5.91 Å². The van der Waals surface area contributed by atoms with Crippen LogP contribution in [0, 0.1) is 10.1 Å². The van der Waals surface area contributed by atoms with E-state index in [0.717, 1.165) is 49.0 Å². The van der Waals surface area contributed by atoms with E-state index in [9.17, 15) is 14.9 Å². The zero-order valence-electron chi connectivity index (χ0n) is 15.7. The molecule has 1 aliphatic rings. The second kappa shape index (κ2) is 9.68. The molecule has 1 amide bonds. The number of nitrogens with one attached hydrogen (secondary N) is 1. The summed E-state index contributed by atoms with van der Waals surface area (Å²) < 4.78 is 5.37. The molecular formula is C20H23N3O4S. The van der Waals surface area contributed by atoms with Gasteiger partial charge in [-0.3, -0.25) is 19.8 Å². The molecule has 0 aliphatic carbocycles. The number of ether oxygens (including phenoxy) is 1. The predicted octanol–water partition coefficient (Wildman–Crippen LogP) is 3.55. The molecule has 28 heavy (non-hydrogen) atoms. The molecule has 0 aromatic heterocycles. The normalized spacial score (nSPS) is 15.8. The van der Waals surface area contributed by atoms with Crippen LogP contribution in [0.25, 0.3) is 0 Å². The first-order chi connectivity index (χ1) is 13.5. The van der Waals surface area contributed by atoms with Crippen LogP contribution in [-0.2, 0) is 16.1 Å². The number of anilines is 1. The topological polar surface area (TPSA) is 84.7 Å². The Morgan fingerprint density at radius 3 is 2.64 bits per heavy atom. The number of nitro groups is 1. The molecule has 1 N–H and O–H groups in total. The van der Waals surface area contributed by atoms with Crippen molar-refractivity contribution in [3.05, 3.63) is 64.2 Å². The number of hydrogen-bond acceptors (Lipinski definition) is 6. The average Bonchev–Trinajstić information content (AvgIpc) is 2.69. The third-order valence-electron chi connectivity index (χ3n) is 4.43. The van der Waals surface area contributed by atoms with Gasteiger partial charge in [-0.1, -0.05) is 12.1 Å². The summed E-state index contributed by atoms with van der Waals surface area (Å²) in [6.07, 6.45) is 0. The van der Waals surface area contributed by atoms with Gasteiger partial charge in [0.1, 0.15) is 0 Å². The number of carbonyl (C=O) groups excluding carboxylic acids is 1. The monoisotopic (exact) mass is 401 g/mol. The lowest BCUT2D eigenvalue weighted by molar-refractivity contribution is -0.384. The first-order valence-electron chi connectivity index (χ1n) is 9.12. The highest BCUT2D eigenvalue weighted by Gasteiger charge is 2.16. The van der Waals surface area contributed by atoms with Gasteiger partial charge in [0, 0.05) is 42.3 Å². The Balaban J connectivity index is 1.55. The number of morpholine rings is 1. The number of thioether (sulfide) groups is 1. The molecular weight excluding hydrogens is 378 g/mol. The van der Waals surface area contributed by atoms with Gasteiger partial charge in [0.05, 0.1) is 23.4 Å². The Kier molecular flexibility index (Phi) is 7.02. The van der Waals surface area contributed by atoms with E-state index < -0.39 is 4.92 Å². The molecule has 8 heteroatoms. The van der Waals surface area contributed by atoms with E-state index in [2.05, 4.69) is 16.3 Å². The van der Waals surface area contributed by atoms with E-state index in [4.69, 9.17) is 4.74 Å². The molecule has 0 saturated carbocycles. The maximum Gasteiger partial charge on any atom is 0.269 e. The fourth-order valence-electron chi connectivity index (χ4n) is 2.91. The summed E-state index contributed by atoms with van der Waals surface area (Å²) in [5.74, 6) is -0.105. The van der Waals surface area contributed by atoms with Crippen LogP contribution in [0.3, 0.4) is 0 Å². The van der Waals surface area contributed by atoms with Crippen molar-refractivity contribution in [1.29, 1.82) is 0 Å². The first kappa shape index (κ1) is 20.3. The number of carbonyl (C=O) groups is 1. The average molecular weight is 401 g/mol. The summed E-state index contributed by atoms with van der Waals surface area (Å²) in [6.45, 7) is 6.00. The fraction of sp³-hybridized carbons (Fsp3) is 0.350. The van der Waals surface area contributed by atoms with Gasteiger partial charge in [0.15, 0.2) is 0 Å². The summed E-state index contributed by atoms with van der Waals surface area (Å²) in [5.41, 5.74) is 1.96. The van der Waals surface area contributed by atoms with Crippen molar-refractivity contribution >= 4 is 29.0 Å². The molecule has 0 radical (unpaired) electrons. The van der Waals surface area contributed by atoms with Gasteiger partial charge < -0.3 is 10.1 Å². The first-order valence-corrected chi connectivity index (χ1v) is 10.0. The van der Waals surface area contributed by atoms with E-state index >= 15 is 0 Å². The summed E-state index contributed by atoms with van der Waals surface area (Å²) in [4.78, 5) is 26.0. The molecule has 0 bridgehead atoms. The lowest BCUT2D eigenvalue weighted by atomic mass is 10.2. The molecule has 1 fully saturated rings. The number of nitro benzene ring substituents is 1. The molecule has 1 aliphatic heterocycles. The number of hydrogen-bond donors (Lipinski definition) is 1. The van der Waals surface area contributed by atoms with Crippen molar-refractivity contribution in [2.24, 2.45) is 0 Å². The lowest BCUT2D eigenvalue weighted by Gasteiger charge is -2.26. The zero-order valence-corrected chi connectivity index (χ0v) is 16.5. The highest BCUT2D eigenvalue weighted by atomic mass is 32.2. The highest BCUT2D eigenvalue weighted by molar-refractivity contribution is 8.00. The smallest absolute Gasteiger partial charge is 0.269 e. The van der Waals surface area contributed by atoms with E-state index in [-0.39, 0.29) is 16.8 Å². The van der Waals surface area contributed by atoms with E-state index in [0.29, 0.717) is 0 Å². The highest BCUT2D eigenvalue weighted by Crippen LogP contribution is 2.26. The molecule has 148 valence electrons. The predicted molar refractivity (Wildman–Crippen MR) is 110 cm³/mol. The van der Waals surface area contributed by atoms with Crippen LogP contribution in [0.5, 0.6) is 0 Å². The lowest BCUT2D eigenvalue weighted by Crippen LogP contribution is -2.35. The fourth-order valence-corrected chi connectivity index (χ4v) is 3.78. The van der Waals surface area contributed by atoms with Crippen molar-refractivity contribution in [2.45, 2.75) is 23.6 Å². The van der Waals surface area contributed by atoms with Crippen LogP contribution in [0.1, 0.15) is 12.5 Å². The van der Waals surface area contributed by atoms with Crippen LogP contribution < -0.4 is 5.32 Å². The quantitative estimate of drug-likeness (QED) is 0.434. The van der Waals surface area contributed by atoms with Crippen LogP contribution in [0.4, 0.5) is 11.4 Å². The maximum absolute atomic E-state index is 12.5. The SMILES string of the molecule is CC(Sc1ccc([N+](=O)[O-])cc1)C(=O)Nc1cccc(CN2CCOCC2)c1. The third-order valence-corrected chi connectivity index (χ3v) is 5.55. The van der Waals surface area contributed by atoms with Gasteiger partial charge in [-0.2, -0.15) is 0 Å². The standard InChI is InChI=1S/C20H23N3O4S/c1-15(28-19-7-5-18(6-8-19)23(25)26)20(24)21-17-4-2-3-16(13-17)14-22-9-11-27-12-10-22/h2-8,13,15H,9-12,14H2,1H3,(H,21,24). The molecule has 7 nitrogen and oxygen atoms in total. The minimum absolute atomic E-state index is 0.0403. The number of nitrogens with zero attached hydrogens (tertiary/aromatic N) is 2. The van der Waals surface area contributed by atoms with Gasteiger partial charge in [0.25, 0.3) is 5.69 Å². The van der Waals surface area contributed by atoms with Crippen molar-refractivity contribution in [1.82, 2.24) is 4.90 Å². The van der Waals surface area contributed by atoms with Gasteiger partial charge in [-0.15, -0.1) is 11.8 Å². The van der Waals surface area contributed by atoms with Crippen LogP contribution in [0.15, 0.2) is 53.4 Å². The molecule has 1 heterocycles. The van der Waals surface area contributed by atoms with Crippen molar-refractivity contribution in [3.63, 3.8) is 0 Å². The Morgan fingerprint density at radius 2 is 1.96 bits per heavy atom. The third kappa shape index (κ3) is 5.79. The van der Waals surface area contributed by atoms with Gasteiger partial charge in [-0.25, -0.2) is 0 Å². The summed E-state index contributed by atoms with van der Waals surface area (Å²) >= 11 is 1.37. The molecule has 3 rings (SSSR count). The van der Waals surface area contributed by atoms with Crippen LogP contribution in [-0.4, -0.2) is 47.3 Å².